The summed E-state index contributed by atoms with van der Waals surface area (Å²) in [5.74, 6) is 1.01. The average molecular weight is 205 g/mol. The molecule has 0 saturated carbocycles. The summed E-state index contributed by atoms with van der Waals surface area (Å²) in [5.41, 5.74) is 2.81. The van der Waals surface area contributed by atoms with Crippen LogP contribution in [0.1, 0.15) is 43.7 Å². The van der Waals surface area contributed by atoms with Crippen molar-refractivity contribution in [3.05, 3.63) is 35.4 Å². The van der Waals surface area contributed by atoms with E-state index in [4.69, 9.17) is 4.43 Å². The third-order valence-electron chi connectivity index (χ3n) is 2.48. The third-order valence-corrected chi connectivity index (χ3v) is 2.65. The number of rotatable bonds is 4. The van der Waals surface area contributed by atoms with Gasteiger partial charge in [-0.3, -0.25) is 0 Å². The Balaban J connectivity index is 2.94. The Morgan fingerprint density at radius 1 is 1.14 bits per heavy atom. The Kier molecular flexibility index (Phi) is 4.36. The van der Waals surface area contributed by atoms with Crippen LogP contribution in [0.2, 0.25) is 0 Å². The van der Waals surface area contributed by atoms with Crippen LogP contribution >= 0.6 is 0 Å². The highest BCUT2D eigenvalue weighted by molar-refractivity contribution is 5.97. The molecule has 0 saturated heterocycles. The molecule has 75 valence electrons. The Bertz CT molecular complexity index is 283. The molecule has 0 aliphatic rings. The largest absolute Gasteiger partial charge is 0.418 e. The lowest BCUT2D eigenvalue weighted by molar-refractivity contribution is 0.323. The van der Waals surface area contributed by atoms with Gasteiger partial charge in [0, 0.05) is 12.5 Å². The van der Waals surface area contributed by atoms with Crippen LogP contribution in [0.25, 0.3) is 0 Å². The Labute approximate surface area is 90.0 Å². The Hall–Kier alpha value is -0.603. The lowest BCUT2D eigenvalue weighted by atomic mass is 9.90. The van der Waals surface area contributed by atoms with Crippen molar-refractivity contribution in [1.29, 1.82) is 0 Å². The summed E-state index contributed by atoms with van der Waals surface area (Å²) in [7, 11) is 3.06. The van der Waals surface area contributed by atoms with Crippen LogP contribution in [-0.2, 0) is 4.43 Å². The van der Waals surface area contributed by atoms with Gasteiger partial charge in [0.05, 0.1) is 0 Å². The van der Waals surface area contributed by atoms with E-state index in [9.17, 15) is 0 Å². The van der Waals surface area contributed by atoms with E-state index in [0.717, 1.165) is 0 Å². The minimum Gasteiger partial charge on any atom is -0.418 e. The van der Waals surface area contributed by atoms with Crippen LogP contribution in [-0.4, -0.2) is 17.1 Å². The summed E-state index contributed by atoms with van der Waals surface area (Å²) in [6.45, 7) is 7.34. The van der Waals surface area contributed by atoms with Gasteiger partial charge in [-0.25, -0.2) is 0 Å². The topological polar surface area (TPSA) is 9.23 Å². The number of hydrogen-bond acceptors (Lipinski definition) is 1. The van der Waals surface area contributed by atoms with Crippen molar-refractivity contribution in [3.63, 3.8) is 0 Å². The van der Waals surface area contributed by atoms with Crippen molar-refractivity contribution < 1.29 is 4.43 Å². The van der Waals surface area contributed by atoms with Crippen LogP contribution in [0.15, 0.2) is 24.3 Å². The molecule has 14 heavy (non-hydrogen) atoms. The molecule has 1 rings (SSSR count). The van der Waals surface area contributed by atoms with E-state index < -0.39 is 0 Å². The first-order chi connectivity index (χ1) is 6.66. The summed E-state index contributed by atoms with van der Waals surface area (Å²) in [6.07, 6.45) is 0. The SMILES string of the molecule is CC(C)c1ccccc1C(C)CO[Si]. The third kappa shape index (κ3) is 2.69. The van der Waals surface area contributed by atoms with Crippen LogP contribution in [0, 0.1) is 0 Å². The smallest absolute Gasteiger partial charge is 0.246 e. The molecule has 1 aromatic rings. The van der Waals surface area contributed by atoms with Crippen LogP contribution in [0.5, 0.6) is 0 Å². The fourth-order valence-corrected chi connectivity index (χ4v) is 1.95. The van der Waals surface area contributed by atoms with Gasteiger partial charge in [0.2, 0.25) is 10.5 Å². The molecule has 0 spiro atoms. The monoisotopic (exact) mass is 205 g/mol. The van der Waals surface area contributed by atoms with Gasteiger partial charge in [-0.05, 0) is 17.0 Å². The molecule has 0 bridgehead atoms. The predicted octanol–water partition coefficient (Wildman–Crippen LogP) is 3.01. The summed E-state index contributed by atoms with van der Waals surface area (Å²) in [5, 5.41) is 0. The van der Waals surface area contributed by atoms with Gasteiger partial charge in [0.15, 0.2) is 0 Å². The van der Waals surface area contributed by atoms with Gasteiger partial charge in [0.1, 0.15) is 0 Å². The predicted molar refractivity (Wildman–Crippen MR) is 60.7 cm³/mol. The highest BCUT2D eigenvalue weighted by Crippen LogP contribution is 2.25. The molecule has 3 radical (unpaired) electrons. The molecule has 0 aliphatic carbocycles. The molecule has 1 atom stereocenters. The zero-order valence-corrected chi connectivity index (χ0v) is 10.1. The van der Waals surface area contributed by atoms with Crippen LogP contribution in [0.4, 0.5) is 0 Å². The van der Waals surface area contributed by atoms with Crippen molar-refractivity contribution in [3.8, 4) is 0 Å². The number of benzene rings is 1. The summed E-state index contributed by atoms with van der Waals surface area (Å²) >= 11 is 0. The fraction of sp³-hybridized carbons (Fsp3) is 0.500. The summed E-state index contributed by atoms with van der Waals surface area (Å²) in [4.78, 5) is 0. The van der Waals surface area contributed by atoms with E-state index in [2.05, 4.69) is 55.5 Å². The second-order valence-electron chi connectivity index (χ2n) is 4.00. The molecule has 2 heteroatoms. The Morgan fingerprint density at radius 3 is 2.21 bits per heavy atom. The second-order valence-corrected chi connectivity index (χ2v) is 4.28. The molecular weight excluding hydrogens is 188 g/mol. The lowest BCUT2D eigenvalue weighted by Crippen LogP contribution is -2.06. The average Bonchev–Trinajstić information content (AvgIpc) is 2.18. The van der Waals surface area contributed by atoms with Crippen molar-refractivity contribution in [1.82, 2.24) is 0 Å². The zero-order valence-electron chi connectivity index (χ0n) is 9.08. The molecule has 0 fully saturated rings. The molecule has 0 aromatic heterocycles. The van der Waals surface area contributed by atoms with Gasteiger partial charge in [-0.1, -0.05) is 45.0 Å². The van der Waals surface area contributed by atoms with Crippen LogP contribution in [0.3, 0.4) is 0 Å². The summed E-state index contributed by atoms with van der Waals surface area (Å²) < 4.78 is 5.00. The minimum atomic E-state index is 0.436. The van der Waals surface area contributed by atoms with Gasteiger partial charge in [0.25, 0.3) is 0 Å². The molecule has 0 heterocycles. The van der Waals surface area contributed by atoms with Crippen molar-refractivity contribution in [2.45, 2.75) is 32.6 Å². The van der Waals surface area contributed by atoms with Crippen molar-refractivity contribution in [2.24, 2.45) is 0 Å². The van der Waals surface area contributed by atoms with Crippen molar-refractivity contribution >= 4 is 10.5 Å². The molecule has 1 unspecified atom stereocenters. The zero-order chi connectivity index (χ0) is 10.6. The fourth-order valence-electron chi connectivity index (χ4n) is 1.70. The van der Waals surface area contributed by atoms with E-state index >= 15 is 0 Å². The first kappa shape index (κ1) is 11.5. The highest BCUT2D eigenvalue weighted by atomic mass is 28.2. The lowest BCUT2D eigenvalue weighted by Gasteiger charge is -2.17. The maximum atomic E-state index is 5.00. The van der Waals surface area contributed by atoms with E-state index in [0.29, 0.717) is 18.4 Å². The molecule has 0 N–H and O–H groups in total. The minimum absolute atomic E-state index is 0.436. The first-order valence-electron chi connectivity index (χ1n) is 5.04. The second kappa shape index (κ2) is 5.32. The maximum Gasteiger partial charge on any atom is 0.246 e. The quantitative estimate of drug-likeness (QED) is 0.687. The first-order valence-corrected chi connectivity index (χ1v) is 5.45. The summed E-state index contributed by atoms with van der Waals surface area (Å²) in [6, 6.07) is 8.57. The van der Waals surface area contributed by atoms with E-state index in [1.165, 1.54) is 11.1 Å². The van der Waals surface area contributed by atoms with Crippen molar-refractivity contribution in [2.75, 3.05) is 6.61 Å². The maximum absolute atomic E-state index is 5.00. The van der Waals surface area contributed by atoms with Crippen LogP contribution < -0.4 is 0 Å². The van der Waals surface area contributed by atoms with E-state index in [-0.39, 0.29) is 0 Å². The van der Waals surface area contributed by atoms with Gasteiger partial charge in [-0.15, -0.1) is 0 Å². The normalized spacial score (nSPS) is 13.2. The standard InChI is InChI=1S/C12H17OSi/c1-9(2)11-6-4-5-7-12(11)10(3)8-13-14/h4-7,9-10H,8H2,1-3H3. The molecule has 0 aliphatic heterocycles. The van der Waals surface area contributed by atoms with Gasteiger partial charge in [-0.2, -0.15) is 0 Å². The Morgan fingerprint density at radius 2 is 1.71 bits per heavy atom. The highest BCUT2D eigenvalue weighted by Gasteiger charge is 2.11. The molecule has 1 nitrogen and oxygen atoms in total. The molecule has 1 aromatic carbocycles. The van der Waals surface area contributed by atoms with Gasteiger partial charge < -0.3 is 4.43 Å². The van der Waals surface area contributed by atoms with E-state index in [1.807, 2.05) is 0 Å². The number of hydrogen-bond donors (Lipinski definition) is 0. The molecule has 0 amide bonds. The van der Waals surface area contributed by atoms with E-state index in [1.54, 1.807) is 0 Å². The van der Waals surface area contributed by atoms with Gasteiger partial charge >= 0.3 is 0 Å². The molecular formula is C12H17OSi.